The second-order valence-electron chi connectivity index (χ2n) is 8.34. The Morgan fingerprint density at radius 3 is 2.48 bits per heavy atom. The molecule has 136 valence electrons. The number of carbonyl (C=O) groups is 1. The Morgan fingerprint density at radius 2 is 1.80 bits per heavy atom. The zero-order chi connectivity index (χ0) is 17.2. The lowest BCUT2D eigenvalue weighted by Gasteiger charge is -2.34. The van der Waals surface area contributed by atoms with Gasteiger partial charge in [0.05, 0.1) is 0 Å². The number of halogens is 1. The van der Waals surface area contributed by atoms with Gasteiger partial charge in [0.1, 0.15) is 5.82 Å². The Bertz CT molecular complexity index is 600. The summed E-state index contributed by atoms with van der Waals surface area (Å²) in [5.41, 5.74) is 1.08. The molecule has 3 fully saturated rings. The minimum atomic E-state index is -0.152. The molecule has 0 spiro atoms. The molecule has 1 N–H and O–H groups in total. The van der Waals surface area contributed by atoms with E-state index in [-0.39, 0.29) is 5.82 Å². The van der Waals surface area contributed by atoms with Crippen LogP contribution in [0, 0.1) is 17.7 Å². The number of nitrogens with zero attached hydrogens (tertiary/aromatic N) is 1. The van der Waals surface area contributed by atoms with Crippen molar-refractivity contribution in [1.29, 1.82) is 0 Å². The SMILES string of the molecule is O=C(CC1CC2CCC(C1)N2)N1CCC(Cc2cccc(F)c2)CC1. The summed E-state index contributed by atoms with van der Waals surface area (Å²) in [6, 6.07) is 8.25. The fourth-order valence-corrected chi connectivity index (χ4v) is 5.10. The predicted molar refractivity (Wildman–Crippen MR) is 96.7 cm³/mol. The van der Waals surface area contributed by atoms with Gasteiger partial charge < -0.3 is 10.2 Å². The number of likely N-dealkylation sites (tertiary alicyclic amines) is 1. The molecule has 1 amide bonds. The Kier molecular flexibility index (Phi) is 5.07. The average molecular weight is 344 g/mol. The summed E-state index contributed by atoms with van der Waals surface area (Å²) in [5, 5.41) is 3.65. The van der Waals surface area contributed by atoms with Crippen molar-refractivity contribution in [3.05, 3.63) is 35.6 Å². The summed E-state index contributed by atoms with van der Waals surface area (Å²) >= 11 is 0. The van der Waals surface area contributed by atoms with Crippen molar-refractivity contribution in [2.24, 2.45) is 11.8 Å². The quantitative estimate of drug-likeness (QED) is 0.906. The third-order valence-electron chi connectivity index (χ3n) is 6.41. The van der Waals surface area contributed by atoms with Gasteiger partial charge in [-0.15, -0.1) is 0 Å². The molecule has 4 heteroatoms. The van der Waals surface area contributed by atoms with Crippen molar-refractivity contribution in [3.63, 3.8) is 0 Å². The number of hydrogen-bond acceptors (Lipinski definition) is 2. The lowest BCUT2D eigenvalue weighted by molar-refractivity contribution is -0.133. The second-order valence-corrected chi connectivity index (χ2v) is 8.34. The van der Waals surface area contributed by atoms with Crippen LogP contribution in [0.15, 0.2) is 24.3 Å². The molecule has 2 atom stereocenters. The van der Waals surface area contributed by atoms with Crippen LogP contribution in [0.1, 0.15) is 50.5 Å². The minimum Gasteiger partial charge on any atom is -0.343 e. The van der Waals surface area contributed by atoms with Gasteiger partial charge in [-0.05, 0) is 74.5 Å². The van der Waals surface area contributed by atoms with E-state index in [2.05, 4.69) is 10.2 Å². The maximum Gasteiger partial charge on any atom is 0.222 e. The van der Waals surface area contributed by atoms with Crippen LogP contribution in [0.5, 0.6) is 0 Å². The molecule has 3 nitrogen and oxygen atoms in total. The first-order valence-corrected chi connectivity index (χ1v) is 9.94. The van der Waals surface area contributed by atoms with Crippen LogP contribution in [0.3, 0.4) is 0 Å². The van der Waals surface area contributed by atoms with E-state index in [9.17, 15) is 9.18 Å². The molecule has 1 aromatic rings. The highest BCUT2D eigenvalue weighted by atomic mass is 19.1. The van der Waals surface area contributed by atoms with E-state index in [1.54, 1.807) is 12.1 Å². The fraction of sp³-hybridized carbons (Fsp3) is 0.667. The first-order valence-electron chi connectivity index (χ1n) is 9.94. The number of benzene rings is 1. The Balaban J connectivity index is 1.23. The van der Waals surface area contributed by atoms with Crippen LogP contribution in [0.2, 0.25) is 0 Å². The largest absolute Gasteiger partial charge is 0.343 e. The molecule has 0 saturated carbocycles. The second kappa shape index (κ2) is 7.45. The predicted octanol–water partition coefficient (Wildman–Crippen LogP) is 3.53. The van der Waals surface area contributed by atoms with Gasteiger partial charge in [-0.2, -0.15) is 0 Å². The number of amides is 1. The van der Waals surface area contributed by atoms with E-state index in [1.165, 1.54) is 31.7 Å². The van der Waals surface area contributed by atoms with Crippen molar-refractivity contribution in [2.45, 2.75) is 63.5 Å². The number of hydrogen-bond donors (Lipinski definition) is 1. The molecule has 0 aliphatic carbocycles. The average Bonchev–Trinajstić information content (AvgIpc) is 2.94. The van der Waals surface area contributed by atoms with Gasteiger partial charge in [-0.3, -0.25) is 4.79 Å². The maximum atomic E-state index is 13.3. The van der Waals surface area contributed by atoms with Crippen LogP contribution >= 0.6 is 0 Å². The van der Waals surface area contributed by atoms with E-state index >= 15 is 0 Å². The molecular formula is C21H29FN2O. The van der Waals surface area contributed by atoms with Crippen LogP contribution in [0.4, 0.5) is 4.39 Å². The summed E-state index contributed by atoms with van der Waals surface area (Å²) in [5.74, 6) is 1.36. The highest BCUT2D eigenvalue weighted by Gasteiger charge is 2.35. The number of rotatable bonds is 4. The lowest BCUT2D eigenvalue weighted by atomic mass is 9.87. The number of piperidine rings is 2. The molecule has 2 bridgehead atoms. The standard InChI is InChI=1S/C21H29FN2O/c22-18-3-1-2-16(11-18)10-15-6-8-24(9-7-15)21(25)14-17-12-19-4-5-20(13-17)23-19/h1-3,11,15,17,19-20,23H,4-10,12-14H2. The minimum absolute atomic E-state index is 0.152. The molecule has 1 aromatic carbocycles. The molecule has 0 aromatic heterocycles. The van der Waals surface area contributed by atoms with Crippen molar-refractivity contribution < 1.29 is 9.18 Å². The van der Waals surface area contributed by atoms with Crippen LogP contribution in [-0.2, 0) is 11.2 Å². The van der Waals surface area contributed by atoms with E-state index in [4.69, 9.17) is 0 Å². The van der Waals surface area contributed by atoms with Crippen LogP contribution in [-0.4, -0.2) is 36.0 Å². The van der Waals surface area contributed by atoms with Crippen molar-refractivity contribution in [2.75, 3.05) is 13.1 Å². The third-order valence-corrected chi connectivity index (χ3v) is 6.41. The van der Waals surface area contributed by atoms with E-state index < -0.39 is 0 Å². The molecule has 3 heterocycles. The van der Waals surface area contributed by atoms with Crippen molar-refractivity contribution in [3.8, 4) is 0 Å². The summed E-state index contributed by atoms with van der Waals surface area (Å²) in [6.45, 7) is 1.74. The monoisotopic (exact) mass is 344 g/mol. The molecular weight excluding hydrogens is 315 g/mol. The highest BCUT2D eigenvalue weighted by Crippen LogP contribution is 2.33. The highest BCUT2D eigenvalue weighted by molar-refractivity contribution is 5.76. The summed E-state index contributed by atoms with van der Waals surface area (Å²) in [7, 11) is 0. The van der Waals surface area contributed by atoms with Gasteiger partial charge in [0, 0.05) is 31.6 Å². The normalized spacial score (nSPS) is 29.8. The molecule has 3 saturated heterocycles. The number of fused-ring (bicyclic) bond motifs is 2. The van der Waals surface area contributed by atoms with Gasteiger partial charge >= 0.3 is 0 Å². The fourth-order valence-electron chi connectivity index (χ4n) is 5.10. The first-order chi connectivity index (χ1) is 12.2. The van der Waals surface area contributed by atoms with Gasteiger partial charge in [0.2, 0.25) is 5.91 Å². The van der Waals surface area contributed by atoms with Gasteiger partial charge in [0.25, 0.3) is 0 Å². The molecule has 2 unspecified atom stereocenters. The van der Waals surface area contributed by atoms with Gasteiger partial charge in [0.15, 0.2) is 0 Å². The van der Waals surface area contributed by atoms with Crippen LogP contribution < -0.4 is 5.32 Å². The summed E-state index contributed by atoms with van der Waals surface area (Å²) in [4.78, 5) is 14.7. The molecule has 3 aliphatic rings. The Hall–Kier alpha value is -1.42. The smallest absolute Gasteiger partial charge is 0.222 e. The topological polar surface area (TPSA) is 32.3 Å². The van der Waals surface area contributed by atoms with Gasteiger partial charge in [-0.25, -0.2) is 4.39 Å². The number of nitrogens with one attached hydrogen (secondary N) is 1. The first kappa shape index (κ1) is 17.0. The maximum absolute atomic E-state index is 13.3. The Labute approximate surface area is 150 Å². The zero-order valence-corrected chi connectivity index (χ0v) is 14.9. The van der Waals surface area contributed by atoms with E-state index in [1.807, 2.05) is 6.07 Å². The Morgan fingerprint density at radius 1 is 1.08 bits per heavy atom. The molecule has 3 aliphatic heterocycles. The van der Waals surface area contributed by atoms with Crippen molar-refractivity contribution in [1.82, 2.24) is 10.2 Å². The third kappa shape index (κ3) is 4.22. The lowest BCUT2D eigenvalue weighted by Crippen LogP contribution is -2.42. The van der Waals surface area contributed by atoms with Gasteiger partial charge in [-0.1, -0.05) is 12.1 Å². The number of carbonyl (C=O) groups excluding carboxylic acids is 1. The molecule has 0 radical (unpaired) electrons. The van der Waals surface area contributed by atoms with Crippen molar-refractivity contribution >= 4 is 5.91 Å². The van der Waals surface area contributed by atoms with E-state index in [0.717, 1.165) is 44.3 Å². The van der Waals surface area contributed by atoms with E-state index in [0.29, 0.717) is 29.8 Å². The summed E-state index contributed by atoms with van der Waals surface area (Å²) < 4.78 is 13.3. The molecule has 4 rings (SSSR count). The molecule has 25 heavy (non-hydrogen) atoms. The van der Waals surface area contributed by atoms with Crippen LogP contribution in [0.25, 0.3) is 0 Å². The zero-order valence-electron chi connectivity index (χ0n) is 14.9. The summed E-state index contributed by atoms with van der Waals surface area (Å²) in [6.07, 6.45) is 8.69.